The van der Waals surface area contributed by atoms with Crippen LogP contribution in [0, 0.1) is 40.8 Å². The van der Waals surface area contributed by atoms with Gasteiger partial charge >= 0.3 is 5.97 Å². The average molecular weight is 742 g/mol. The summed E-state index contributed by atoms with van der Waals surface area (Å²) in [5.41, 5.74) is 5.83. The number of esters is 1. The highest BCUT2D eigenvalue weighted by molar-refractivity contribution is 6.00. The van der Waals surface area contributed by atoms with E-state index in [4.69, 9.17) is 4.74 Å². The van der Waals surface area contributed by atoms with Crippen LogP contribution in [0.2, 0.25) is 0 Å². The first-order valence-electron chi connectivity index (χ1n) is 20.3. The van der Waals surface area contributed by atoms with Gasteiger partial charge in [0.15, 0.2) is 0 Å². The van der Waals surface area contributed by atoms with Crippen molar-refractivity contribution in [3.8, 4) is 0 Å². The molecule has 54 heavy (non-hydrogen) atoms. The zero-order chi connectivity index (χ0) is 37.8. The van der Waals surface area contributed by atoms with Crippen LogP contribution in [0.25, 0.3) is 0 Å². The Morgan fingerprint density at radius 3 is 2.57 bits per heavy atom. The Kier molecular flexibility index (Phi) is 11.8. The molecule has 3 aliphatic carbocycles. The van der Waals surface area contributed by atoms with E-state index in [1.807, 2.05) is 29.2 Å². The Labute approximate surface area is 318 Å². The molecule has 7 atom stereocenters. The van der Waals surface area contributed by atoms with Gasteiger partial charge in [0.1, 0.15) is 11.9 Å². The van der Waals surface area contributed by atoms with Gasteiger partial charge in [-0.3, -0.25) is 19.2 Å². The van der Waals surface area contributed by atoms with Gasteiger partial charge in [-0.25, -0.2) is 9.82 Å². The molecule has 10 nitrogen and oxygen atoms in total. The highest BCUT2D eigenvalue weighted by Gasteiger charge is 2.51. The Bertz CT molecular complexity index is 1730. The molecule has 2 N–H and O–H groups in total. The first kappa shape index (κ1) is 38.2. The number of ether oxygens (including phenoxy) is 1. The molecular formula is C43H56FN5O5. The quantitative estimate of drug-likeness (QED) is 0.151. The number of carbonyl (C=O) groups excluding carboxylic acids is 4. The molecule has 2 saturated heterocycles. The van der Waals surface area contributed by atoms with Crippen molar-refractivity contribution in [2.75, 3.05) is 39.3 Å². The van der Waals surface area contributed by atoms with Crippen molar-refractivity contribution in [3.05, 3.63) is 71.1 Å². The monoisotopic (exact) mass is 741 g/mol. The fraction of sp³-hybridized carbons (Fsp3) is 0.605. The highest BCUT2D eigenvalue weighted by Crippen LogP contribution is 2.53. The highest BCUT2D eigenvalue weighted by atomic mass is 19.1. The molecule has 0 radical (unpaired) electrons. The minimum atomic E-state index is -0.578. The normalized spacial score (nSPS) is 30.1. The number of hydrogen-bond donors (Lipinski definition) is 2. The summed E-state index contributed by atoms with van der Waals surface area (Å²) >= 11 is 0. The summed E-state index contributed by atoms with van der Waals surface area (Å²) in [5.74, 6) is -0.864. The number of unbranched alkanes of at least 4 members (excludes halogenated alkanes) is 4. The van der Waals surface area contributed by atoms with Gasteiger partial charge < -0.3 is 19.9 Å². The number of hydrogen-bond acceptors (Lipinski definition) is 7. The van der Waals surface area contributed by atoms with Crippen molar-refractivity contribution in [1.82, 2.24) is 20.5 Å². The molecule has 3 heterocycles. The summed E-state index contributed by atoms with van der Waals surface area (Å²) in [6.07, 6.45) is 20.5. The van der Waals surface area contributed by atoms with E-state index in [0.717, 1.165) is 56.3 Å². The lowest BCUT2D eigenvalue weighted by molar-refractivity contribution is -0.145. The number of fused-ring (bicyclic) bond motifs is 3. The van der Waals surface area contributed by atoms with Crippen LogP contribution in [-0.4, -0.2) is 84.6 Å². The van der Waals surface area contributed by atoms with Crippen LogP contribution >= 0.6 is 0 Å². The van der Waals surface area contributed by atoms with Crippen LogP contribution < -0.4 is 10.7 Å². The Morgan fingerprint density at radius 1 is 1.02 bits per heavy atom. The predicted octanol–water partition coefficient (Wildman–Crippen LogP) is 5.74. The van der Waals surface area contributed by atoms with Crippen molar-refractivity contribution in [2.45, 2.75) is 90.6 Å². The molecule has 5 unspecified atom stereocenters. The zero-order valence-corrected chi connectivity index (χ0v) is 31.9. The molecule has 290 valence electrons. The first-order valence-corrected chi connectivity index (χ1v) is 20.3. The van der Waals surface area contributed by atoms with Crippen LogP contribution in [0.15, 0.2) is 59.3 Å². The second-order valence-corrected chi connectivity index (χ2v) is 16.6. The minimum Gasteiger partial charge on any atom is -0.461 e. The molecule has 0 aromatic heterocycles. The van der Waals surface area contributed by atoms with E-state index in [0.29, 0.717) is 51.5 Å². The number of benzene rings is 1. The van der Waals surface area contributed by atoms with Gasteiger partial charge in [0.2, 0.25) is 11.8 Å². The minimum absolute atomic E-state index is 0.0107. The van der Waals surface area contributed by atoms with Crippen molar-refractivity contribution < 1.29 is 28.3 Å². The number of halogens is 1. The van der Waals surface area contributed by atoms with Gasteiger partial charge in [0.25, 0.3) is 5.91 Å². The summed E-state index contributed by atoms with van der Waals surface area (Å²) in [4.78, 5) is 54.8. The number of amides is 3. The second kappa shape index (κ2) is 16.7. The second-order valence-electron chi connectivity index (χ2n) is 16.6. The molecular weight excluding hydrogens is 686 g/mol. The number of nitrogens with zero attached hydrogens (tertiary/aromatic N) is 3. The standard InChI is InChI=1S/C43H56FN5O5/c1-28-11-10-17-43(2)26-38-32(25-35(28)43)34(42(53)54-38)27-45-18-9-5-3-4-6-14-39(50)48-19-21-49(22-20-48)41(52)33-23-29(15-16-36(33)44)24-37-30-12-7-8-13-31(30)40(51)47-46-37/h7-8,12-13,15-16,23,25,28,30-32,34,38,45H,3-6,9-11,14,17-22,24,26-27H2,1-2H3,(H,47,51)/t28-,30?,31?,32?,34?,38?,43+/m0/s1. The summed E-state index contributed by atoms with van der Waals surface area (Å²) in [6, 6.07) is 4.55. The summed E-state index contributed by atoms with van der Waals surface area (Å²) < 4.78 is 20.8. The Hall–Kier alpha value is -4.12. The largest absolute Gasteiger partial charge is 0.461 e. The van der Waals surface area contributed by atoms with Crippen LogP contribution in [0.5, 0.6) is 0 Å². The van der Waals surface area contributed by atoms with E-state index in [9.17, 15) is 23.6 Å². The van der Waals surface area contributed by atoms with E-state index < -0.39 is 5.82 Å². The van der Waals surface area contributed by atoms with E-state index in [-0.39, 0.29) is 64.4 Å². The third-order valence-electron chi connectivity index (χ3n) is 12.9. The summed E-state index contributed by atoms with van der Waals surface area (Å²) in [6.45, 7) is 7.81. The Balaban J connectivity index is 0.777. The molecule has 3 fully saturated rings. The lowest BCUT2D eigenvalue weighted by Gasteiger charge is -2.46. The topological polar surface area (TPSA) is 120 Å². The first-order chi connectivity index (χ1) is 26.1. The zero-order valence-electron chi connectivity index (χ0n) is 31.9. The molecule has 11 heteroatoms. The molecule has 1 aromatic rings. The lowest BCUT2D eigenvalue weighted by Crippen LogP contribution is -2.50. The molecule has 0 bridgehead atoms. The molecule has 3 amide bonds. The smallest absolute Gasteiger partial charge is 0.311 e. The number of rotatable bonds is 13. The number of carbonyl (C=O) groups is 4. The van der Waals surface area contributed by atoms with Gasteiger partial charge in [-0.2, -0.15) is 5.10 Å². The van der Waals surface area contributed by atoms with Crippen LogP contribution in [0.3, 0.4) is 0 Å². The van der Waals surface area contributed by atoms with Gasteiger partial charge in [0.05, 0.1) is 23.1 Å². The molecule has 6 aliphatic rings. The summed E-state index contributed by atoms with van der Waals surface area (Å²) in [7, 11) is 0. The van der Waals surface area contributed by atoms with Gasteiger partial charge in [-0.05, 0) is 67.7 Å². The maximum atomic E-state index is 14.9. The third kappa shape index (κ3) is 8.26. The van der Waals surface area contributed by atoms with E-state index in [1.54, 1.807) is 22.6 Å². The van der Waals surface area contributed by atoms with Crippen LogP contribution in [-0.2, 0) is 25.5 Å². The number of nitrogens with one attached hydrogen (secondary N) is 2. The van der Waals surface area contributed by atoms with Gasteiger partial charge in [-0.1, -0.05) is 81.6 Å². The lowest BCUT2D eigenvalue weighted by atomic mass is 9.59. The fourth-order valence-electron chi connectivity index (χ4n) is 9.75. The van der Waals surface area contributed by atoms with Crippen LogP contribution in [0.4, 0.5) is 4.39 Å². The van der Waals surface area contributed by atoms with E-state index in [1.165, 1.54) is 25.3 Å². The molecule has 1 aromatic carbocycles. The van der Waals surface area contributed by atoms with Crippen molar-refractivity contribution in [3.63, 3.8) is 0 Å². The third-order valence-corrected chi connectivity index (χ3v) is 12.9. The Morgan fingerprint density at radius 2 is 1.76 bits per heavy atom. The number of piperazine rings is 1. The van der Waals surface area contributed by atoms with Crippen molar-refractivity contribution in [1.29, 1.82) is 0 Å². The van der Waals surface area contributed by atoms with E-state index in [2.05, 4.69) is 35.8 Å². The maximum Gasteiger partial charge on any atom is 0.311 e. The number of hydrazone groups is 1. The number of allylic oxidation sites excluding steroid dienone is 4. The molecule has 3 aliphatic heterocycles. The van der Waals surface area contributed by atoms with Crippen molar-refractivity contribution in [2.24, 2.45) is 40.1 Å². The van der Waals surface area contributed by atoms with Crippen molar-refractivity contribution >= 4 is 29.4 Å². The maximum absolute atomic E-state index is 14.9. The fourth-order valence-corrected chi connectivity index (χ4v) is 9.75. The van der Waals surface area contributed by atoms with Gasteiger partial charge in [-0.15, -0.1) is 0 Å². The average Bonchev–Trinajstić information content (AvgIpc) is 3.47. The molecule has 1 saturated carbocycles. The molecule has 7 rings (SSSR count). The predicted molar refractivity (Wildman–Crippen MR) is 205 cm³/mol. The molecule has 0 spiro atoms. The summed E-state index contributed by atoms with van der Waals surface area (Å²) in [5, 5.41) is 7.80. The van der Waals surface area contributed by atoms with Crippen LogP contribution in [0.1, 0.15) is 94.0 Å². The van der Waals surface area contributed by atoms with E-state index >= 15 is 0 Å². The SMILES string of the molecule is C[C@H]1CCC[C@]2(C)CC3OC(=O)C(CNCCCCCCCC(=O)N4CCN(C(=O)c5cc(CC6=NNC(=O)C7C=CC=CC67)ccc5F)CC4)C3C=C12. The van der Waals surface area contributed by atoms with Gasteiger partial charge in [0, 0.05) is 57.4 Å².